The van der Waals surface area contributed by atoms with Gasteiger partial charge in [0.1, 0.15) is 18.1 Å². The number of hydrogen-bond donors (Lipinski definition) is 2. The predicted octanol–water partition coefficient (Wildman–Crippen LogP) is 5.91. The Labute approximate surface area is 189 Å². The zero-order valence-corrected chi connectivity index (χ0v) is 18.8. The number of nitrogens with zero attached hydrogens (tertiary/aromatic N) is 1. The zero-order chi connectivity index (χ0) is 20.8. The average molecular weight is 539 g/mol. The van der Waals surface area contributed by atoms with Crippen molar-refractivity contribution in [2.75, 3.05) is 0 Å². The first kappa shape index (κ1) is 21.4. The molecule has 0 saturated heterocycles. The van der Waals surface area contributed by atoms with E-state index in [0.29, 0.717) is 30.8 Å². The lowest BCUT2D eigenvalue weighted by Gasteiger charge is -2.11. The second-order valence-electron chi connectivity index (χ2n) is 5.91. The van der Waals surface area contributed by atoms with Crippen LogP contribution < -0.4 is 10.2 Å². The fourth-order valence-corrected chi connectivity index (χ4v) is 3.85. The zero-order valence-electron chi connectivity index (χ0n) is 14.9. The summed E-state index contributed by atoms with van der Waals surface area (Å²) in [5, 5.41) is 14.3. The molecule has 2 N–H and O–H groups in total. The fourth-order valence-electron chi connectivity index (χ4n) is 2.44. The van der Waals surface area contributed by atoms with Gasteiger partial charge in [0.15, 0.2) is 0 Å². The van der Waals surface area contributed by atoms with E-state index in [1.54, 1.807) is 42.5 Å². The monoisotopic (exact) mass is 536 g/mol. The van der Waals surface area contributed by atoms with E-state index < -0.39 is 5.91 Å². The van der Waals surface area contributed by atoms with E-state index in [-0.39, 0.29) is 12.4 Å². The van der Waals surface area contributed by atoms with Crippen LogP contribution in [0.4, 0.5) is 0 Å². The van der Waals surface area contributed by atoms with Crippen molar-refractivity contribution in [3.8, 4) is 11.5 Å². The minimum Gasteiger partial charge on any atom is -0.506 e. The van der Waals surface area contributed by atoms with E-state index in [9.17, 15) is 9.90 Å². The second-order valence-corrected chi connectivity index (χ2v) is 8.02. The maximum atomic E-state index is 12.5. The molecule has 0 bridgehead atoms. The second kappa shape index (κ2) is 9.91. The number of hydrazone groups is 1. The first-order valence-corrected chi connectivity index (χ1v) is 10.4. The van der Waals surface area contributed by atoms with Gasteiger partial charge in [-0.25, -0.2) is 5.43 Å². The van der Waals surface area contributed by atoms with Gasteiger partial charge in [0, 0.05) is 10.6 Å². The van der Waals surface area contributed by atoms with Crippen molar-refractivity contribution in [1.29, 1.82) is 0 Å². The number of ether oxygens (including phenoxy) is 1. The maximum absolute atomic E-state index is 12.5. The molecule has 0 radical (unpaired) electrons. The minimum atomic E-state index is -0.409. The Hall–Kier alpha value is -2.35. The van der Waals surface area contributed by atoms with Crippen LogP contribution in [0.1, 0.15) is 21.5 Å². The molecule has 8 heteroatoms. The van der Waals surface area contributed by atoms with Gasteiger partial charge < -0.3 is 9.84 Å². The molecule has 0 aliphatic carbocycles. The summed E-state index contributed by atoms with van der Waals surface area (Å²) in [6.07, 6.45) is 1.47. The molecule has 3 rings (SSSR count). The van der Waals surface area contributed by atoms with Crippen LogP contribution in [0.2, 0.25) is 5.02 Å². The quantitative estimate of drug-likeness (QED) is 0.303. The molecule has 0 atom stereocenters. The SMILES string of the molecule is O=C(N/N=C/c1cc(Br)c(O)c(Br)c1)c1ccccc1OCc1ccccc1Cl. The molecule has 0 heterocycles. The highest BCUT2D eigenvalue weighted by atomic mass is 79.9. The van der Waals surface area contributed by atoms with Crippen LogP contribution >= 0.6 is 43.5 Å². The molecular weight excluding hydrogens is 524 g/mol. The van der Waals surface area contributed by atoms with Gasteiger partial charge in [-0.2, -0.15) is 5.10 Å². The summed E-state index contributed by atoms with van der Waals surface area (Å²) >= 11 is 12.7. The molecular formula is C21H15Br2ClN2O3. The van der Waals surface area contributed by atoms with Crippen LogP contribution in [-0.2, 0) is 6.61 Å². The number of carbonyl (C=O) groups is 1. The number of halogens is 3. The molecule has 1 amide bonds. The lowest BCUT2D eigenvalue weighted by atomic mass is 10.2. The molecule has 0 aromatic heterocycles. The summed E-state index contributed by atoms with van der Waals surface area (Å²) in [6.45, 7) is 0.239. The molecule has 0 unspecified atom stereocenters. The molecule has 0 fully saturated rings. The summed E-state index contributed by atoms with van der Waals surface area (Å²) in [5.41, 5.74) is 4.34. The van der Waals surface area contributed by atoms with Gasteiger partial charge in [-0.3, -0.25) is 4.79 Å². The third kappa shape index (κ3) is 5.59. The van der Waals surface area contributed by atoms with E-state index in [1.807, 2.05) is 18.2 Å². The van der Waals surface area contributed by atoms with Gasteiger partial charge >= 0.3 is 0 Å². The molecule has 148 valence electrons. The molecule has 5 nitrogen and oxygen atoms in total. The van der Waals surface area contributed by atoms with E-state index in [1.165, 1.54) is 6.21 Å². The summed E-state index contributed by atoms with van der Waals surface area (Å²) in [5.74, 6) is 0.110. The maximum Gasteiger partial charge on any atom is 0.275 e. The van der Waals surface area contributed by atoms with Crippen molar-refractivity contribution in [3.63, 3.8) is 0 Å². The average Bonchev–Trinajstić information content (AvgIpc) is 2.71. The van der Waals surface area contributed by atoms with Gasteiger partial charge in [-0.15, -0.1) is 0 Å². The van der Waals surface area contributed by atoms with Crippen LogP contribution in [0.15, 0.2) is 74.7 Å². The number of phenols is 1. The molecule has 0 spiro atoms. The molecule has 3 aromatic rings. The Bertz CT molecular complexity index is 1050. The van der Waals surface area contributed by atoms with Crippen molar-refractivity contribution >= 4 is 55.6 Å². The van der Waals surface area contributed by atoms with Crippen molar-refractivity contribution in [2.45, 2.75) is 6.61 Å². The highest BCUT2D eigenvalue weighted by Crippen LogP contribution is 2.32. The Morgan fingerprint density at radius 3 is 2.48 bits per heavy atom. The molecule has 3 aromatic carbocycles. The highest BCUT2D eigenvalue weighted by molar-refractivity contribution is 9.11. The highest BCUT2D eigenvalue weighted by Gasteiger charge is 2.12. The van der Waals surface area contributed by atoms with Crippen LogP contribution in [0.25, 0.3) is 0 Å². The van der Waals surface area contributed by atoms with Crippen LogP contribution in [0.5, 0.6) is 11.5 Å². The van der Waals surface area contributed by atoms with Gasteiger partial charge in [0.05, 0.1) is 20.7 Å². The summed E-state index contributed by atoms with van der Waals surface area (Å²) in [7, 11) is 0. The number of hydrogen-bond acceptors (Lipinski definition) is 4. The molecule has 0 aliphatic rings. The van der Waals surface area contributed by atoms with Crippen molar-refractivity contribution in [3.05, 3.63) is 91.3 Å². The van der Waals surface area contributed by atoms with Gasteiger partial charge in [0.2, 0.25) is 0 Å². The van der Waals surface area contributed by atoms with Crippen LogP contribution in [0.3, 0.4) is 0 Å². The number of carbonyl (C=O) groups excluding carboxylic acids is 1. The first-order valence-electron chi connectivity index (χ1n) is 8.42. The Morgan fingerprint density at radius 1 is 1.10 bits per heavy atom. The Kier molecular flexibility index (Phi) is 7.30. The van der Waals surface area contributed by atoms with E-state index in [4.69, 9.17) is 16.3 Å². The van der Waals surface area contributed by atoms with Crippen LogP contribution in [0, 0.1) is 0 Å². The number of amides is 1. The standard InChI is InChI=1S/C21H15Br2ClN2O3/c22-16-9-13(10-17(23)20(16)27)11-25-26-21(28)15-6-2-4-8-19(15)29-12-14-5-1-3-7-18(14)24/h1-11,27H,12H2,(H,26,28)/b25-11+. The summed E-state index contributed by atoms with van der Waals surface area (Å²) in [6, 6.07) is 17.6. The predicted molar refractivity (Wildman–Crippen MR) is 121 cm³/mol. The van der Waals surface area contributed by atoms with Crippen LogP contribution in [-0.4, -0.2) is 17.2 Å². The van der Waals surface area contributed by atoms with Gasteiger partial charge in [0.25, 0.3) is 5.91 Å². The summed E-state index contributed by atoms with van der Waals surface area (Å²) in [4.78, 5) is 12.5. The van der Waals surface area contributed by atoms with Crippen molar-refractivity contribution < 1.29 is 14.6 Å². The minimum absolute atomic E-state index is 0.0933. The third-order valence-corrected chi connectivity index (χ3v) is 5.47. The lowest BCUT2D eigenvalue weighted by Crippen LogP contribution is -2.18. The van der Waals surface area contributed by atoms with E-state index >= 15 is 0 Å². The number of rotatable bonds is 6. The molecule has 0 aliphatic heterocycles. The van der Waals surface area contributed by atoms with Gasteiger partial charge in [-0.1, -0.05) is 41.9 Å². The number of benzene rings is 3. The number of aromatic hydroxyl groups is 1. The third-order valence-electron chi connectivity index (χ3n) is 3.89. The number of phenolic OH excluding ortho intramolecular Hbond substituents is 1. The number of para-hydroxylation sites is 1. The number of nitrogens with one attached hydrogen (secondary N) is 1. The first-order chi connectivity index (χ1) is 14.0. The largest absolute Gasteiger partial charge is 0.506 e. The molecule has 29 heavy (non-hydrogen) atoms. The fraction of sp³-hybridized carbons (Fsp3) is 0.0476. The smallest absolute Gasteiger partial charge is 0.275 e. The van der Waals surface area contributed by atoms with Crippen molar-refractivity contribution in [1.82, 2.24) is 5.43 Å². The normalized spacial score (nSPS) is 10.9. The van der Waals surface area contributed by atoms with Crippen molar-refractivity contribution in [2.24, 2.45) is 5.10 Å². The Morgan fingerprint density at radius 2 is 1.76 bits per heavy atom. The lowest BCUT2D eigenvalue weighted by molar-refractivity contribution is 0.0950. The molecule has 0 saturated carbocycles. The Balaban J connectivity index is 1.69. The topological polar surface area (TPSA) is 70.9 Å². The van der Waals surface area contributed by atoms with E-state index in [0.717, 1.165) is 5.56 Å². The van der Waals surface area contributed by atoms with Gasteiger partial charge in [-0.05, 0) is 67.8 Å². The summed E-state index contributed by atoms with van der Waals surface area (Å²) < 4.78 is 6.82. The van der Waals surface area contributed by atoms with E-state index in [2.05, 4.69) is 42.4 Å².